The van der Waals surface area contributed by atoms with Crippen LogP contribution in [0, 0.1) is 5.92 Å². The number of hydrogen-bond acceptors (Lipinski definition) is 3. The molecule has 154 valence electrons. The van der Waals surface area contributed by atoms with E-state index in [1.165, 1.54) is 0 Å². The van der Waals surface area contributed by atoms with Gasteiger partial charge in [-0.1, -0.05) is 42.8 Å². The van der Waals surface area contributed by atoms with Gasteiger partial charge in [0.25, 0.3) is 5.56 Å². The van der Waals surface area contributed by atoms with E-state index >= 15 is 0 Å². The average Bonchev–Trinajstić information content (AvgIpc) is 2.69. The van der Waals surface area contributed by atoms with Crippen LogP contribution in [0.5, 0.6) is 0 Å². The lowest BCUT2D eigenvalue weighted by molar-refractivity contribution is 0.186. The first-order chi connectivity index (χ1) is 13.9. The van der Waals surface area contributed by atoms with Crippen LogP contribution in [0.25, 0.3) is 12.2 Å². The Morgan fingerprint density at radius 1 is 1.07 bits per heavy atom. The topological polar surface area (TPSA) is 59.4 Å². The summed E-state index contributed by atoms with van der Waals surface area (Å²) in [5.74, 6) is 0.395. The third kappa shape index (κ3) is 4.20. The minimum absolute atomic E-state index is 0.0109. The monoisotopic (exact) mass is 432 g/mol. The first-order valence-corrected chi connectivity index (χ1v) is 12.0. The predicted octanol–water partition coefficient (Wildman–Crippen LogP) is 3.83. The minimum Gasteiger partial charge on any atom is -0.311 e. The molecular weight excluding hydrogens is 408 g/mol. The number of aromatic nitrogens is 1. The van der Waals surface area contributed by atoms with Crippen molar-refractivity contribution >= 4 is 33.8 Å². The highest BCUT2D eigenvalue weighted by Crippen LogP contribution is 2.38. The Morgan fingerprint density at radius 3 is 2.55 bits per heavy atom. The van der Waals surface area contributed by atoms with E-state index in [2.05, 4.69) is 0 Å². The molecule has 29 heavy (non-hydrogen) atoms. The fourth-order valence-electron chi connectivity index (χ4n) is 4.52. The molecule has 0 radical (unpaired) electrons. The summed E-state index contributed by atoms with van der Waals surface area (Å²) in [4.78, 5) is 12.5. The number of piperidine rings is 1. The smallest absolute Gasteiger partial charge is 0.250 e. The van der Waals surface area contributed by atoms with Crippen molar-refractivity contribution in [3.05, 3.63) is 68.6 Å². The molecule has 4 rings (SSSR count). The molecule has 3 heterocycles. The van der Waals surface area contributed by atoms with Gasteiger partial charge in [-0.25, -0.2) is 12.7 Å². The van der Waals surface area contributed by atoms with E-state index in [0.29, 0.717) is 31.1 Å². The summed E-state index contributed by atoms with van der Waals surface area (Å²) in [5.41, 5.74) is 2.93. The molecule has 2 aliphatic rings. The van der Waals surface area contributed by atoms with Crippen molar-refractivity contribution in [3.8, 4) is 0 Å². The normalized spacial score (nSPS) is 22.0. The van der Waals surface area contributed by atoms with Gasteiger partial charge in [0, 0.05) is 42.3 Å². The maximum Gasteiger partial charge on any atom is 0.250 e. The maximum absolute atomic E-state index is 12.7. The number of halogens is 1. The van der Waals surface area contributed by atoms with Gasteiger partial charge in [0.2, 0.25) is 10.0 Å². The Labute approximate surface area is 176 Å². The van der Waals surface area contributed by atoms with Crippen LogP contribution in [-0.2, 0) is 16.6 Å². The summed E-state index contributed by atoms with van der Waals surface area (Å²) in [6.07, 6.45) is 5.54. The van der Waals surface area contributed by atoms with E-state index < -0.39 is 10.0 Å². The molecule has 1 aromatic carbocycles. The van der Waals surface area contributed by atoms with E-state index in [-0.39, 0.29) is 23.1 Å². The molecule has 2 bridgehead atoms. The molecule has 0 saturated carbocycles. The summed E-state index contributed by atoms with van der Waals surface area (Å²) in [7, 11) is -3.24. The van der Waals surface area contributed by atoms with Gasteiger partial charge in [-0.15, -0.1) is 0 Å². The van der Waals surface area contributed by atoms with Gasteiger partial charge in [0.15, 0.2) is 0 Å². The van der Waals surface area contributed by atoms with Crippen LogP contribution >= 0.6 is 11.6 Å². The van der Waals surface area contributed by atoms with Crippen LogP contribution in [0.15, 0.2) is 41.2 Å². The SMILES string of the molecule is CCCS(=O)(=O)N1CC2CC(C1)c1c(C=Cc3ccc(Cl)cc3)ccc(=O)n1C2. The predicted molar refractivity (Wildman–Crippen MR) is 118 cm³/mol. The standard InChI is InChI=1S/C22H25ClN2O3S/c1-2-11-29(27,28)24-13-17-12-19(15-24)22-18(7-10-21(26)25(22)14-17)6-3-16-4-8-20(23)9-5-16/h3-10,17,19H,2,11-15H2,1H3. The van der Waals surface area contributed by atoms with Crippen molar-refractivity contribution in [2.24, 2.45) is 5.92 Å². The summed E-state index contributed by atoms with van der Waals surface area (Å²) >= 11 is 5.96. The molecule has 0 spiro atoms. The first-order valence-electron chi connectivity index (χ1n) is 10.0. The summed E-state index contributed by atoms with van der Waals surface area (Å²) < 4.78 is 28.8. The summed E-state index contributed by atoms with van der Waals surface area (Å²) in [5, 5.41) is 0.687. The second kappa shape index (κ2) is 8.09. The largest absolute Gasteiger partial charge is 0.311 e. The lowest BCUT2D eigenvalue weighted by Crippen LogP contribution is -2.49. The number of sulfonamides is 1. The van der Waals surface area contributed by atoms with Gasteiger partial charge in [-0.3, -0.25) is 4.79 Å². The second-order valence-electron chi connectivity index (χ2n) is 7.94. The zero-order chi connectivity index (χ0) is 20.6. The van der Waals surface area contributed by atoms with E-state index in [1.54, 1.807) is 10.4 Å². The number of rotatable bonds is 5. The van der Waals surface area contributed by atoms with E-state index in [9.17, 15) is 13.2 Å². The van der Waals surface area contributed by atoms with Crippen LogP contribution in [0.3, 0.4) is 0 Å². The molecule has 7 heteroatoms. The minimum atomic E-state index is -3.24. The van der Waals surface area contributed by atoms with E-state index in [4.69, 9.17) is 11.6 Å². The van der Waals surface area contributed by atoms with Gasteiger partial charge < -0.3 is 4.57 Å². The highest BCUT2D eigenvalue weighted by Gasteiger charge is 2.39. The van der Waals surface area contributed by atoms with Gasteiger partial charge >= 0.3 is 0 Å². The number of benzene rings is 1. The Hall–Kier alpha value is -1.89. The fraction of sp³-hybridized carbons (Fsp3) is 0.409. The van der Waals surface area contributed by atoms with Crippen molar-refractivity contribution in [2.75, 3.05) is 18.8 Å². The van der Waals surface area contributed by atoms with Gasteiger partial charge in [0.05, 0.1) is 5.75 Å². The highest BCUT2D eigenvalue weighted by molar-refractivity contribution is 7.89. The number of nitrogens with zero attached hydrogens (tertiary/aromatic N) is 2. The zero-order valence-corrected chi connectivity index (χ0v) is 18.0. The fourth-order valence-corrected chi connectivity index (χ4v) is 6.26. The Morgan fingerprint density at radius 2 is 1.83 bits per heavy atom. The summed E-state index contributed by atoms with van der Waals surface area (Å²) in [6.45, 7) is 3.42. The number of pyridine rings is 1. The lowest BCUT2D eigenvalue weighted by Gasteiger charge is -2.42. The highest BCUT2D eigenvalue weighted by atomic mass is 35.5. The average molecular weight is 433 g/mol. The molecular formula is C22H25ClN2O3S. The molecule has 2 unspecified atom stereocenters. The van der Waals surface area contributed by atoms with Gasteiger partial charge in [-0.2, -0.15) is 0 Å². The van der Waals surface area contributed by atoms with Crippen LogP contribution < -0.4 is 5.56 Å². The maximum atomic E-state index is 12.7. The molecule has 2 aromatic rings. The number of fused-ring (bicyclic) bond motifs is 4. The van der Waals surface area contributed by atoms with E-state index in [1.807, 2.05) is 54.0 Å². The van der Waals surface area contributed by atoms with Crippen molar-refractivity contribution in [2.45, 2.75) is 32.2 Å². The van der Waals surface area contributed by atoms with Crippen LogP contribution in [0.4, 0.5) is 0 Å². The molecule has 0 aliphatic carbocycles. The molecule has 0 amide bonds. The van der Waals surface area contributed by atoms with E-state index in [0.717, 1.165) is 23.2 Å². The van der Waals surface area contributed by atoms with Crippen molar-refractivity contribution in [1.29, 1.82) is 0 Å². The van der Waals surface area contributed by atoms with Crippen LogP contribution in [-0.4, -0.2) is 36.1 Å². The molecule has 2 atom stereocenters. The number of hydrogen-bond donors (Lipinski definition) is 0. The molecule has 1 saturated heterocycles. The van der Waals surface area contributed by atoms with Crippen LogP contribution in [0.1, 0.15) is 42.5 Å². The molecule has 5 nitrogen and oxygen atoms in total. The molecule has 0 N–H and O–H groups in total. The van der Waals surface area contributed by atoms with Gasteiger partial charge in [0.1, 0.15) is 0 Å². The first kappa shape index (κ1) is 20.4. The third-order valence-corrected chi connectivity index (χ3v) is 8.03. The Kier molecular flexibility index (Phi) is 5.69. The lowest BCUT2D eigenvalue weighted by atomic mass is 9.82. The Balaban J connectivity index is 1.69. The van der Waals surface area contributed by atoms with Crippen molar-refractivity contribution in [3.63, 3.8) is 0 Å². The van der Waals surface area contributed by atoms with Gasteiger partial charge in [-0.05, 0) is 48.1 Å². The zero-order valence-electron chi connectivity index (χ0n) is 16.4. The third-order valence-electron chi connectivity index (χ3n) is 5.77. The Bertz CT molecular complexity index is 1090. The summed E-state index contributed by atoms with van der Waals surface area (Å²) in [6, 6.07) is 11.0. The quantitative estimate of drug-likeness (QED) is 0.721. The molecule has 1 aromatic heterocycles. The molecule has 2 aliphatic heterocycles. The molecule has 1 fully saturated rings. The van der Waals surface area contributed by atoms with Crippen molar-refractivity contribution < 1.29 is 8.42 Å². The van der Waals surface area contributed by atoms with Crippen LogP contribution in [0.2, 0.25) is 5.02 Å². The second-order valence-corrected chi connectivity index (χ2v) is 10.5. The van der Waals surface area contributed by atoms with Crippen molar-refractivity contribution in [1.82, 2.24) is 8.87 Å².